The number of halogens is 8. The van der Waals surface area contributed by atoms with Crippen LogP contribution >= 0.6 is 23.2 Å². The van der Waals surface area contributed by atoms with Crippen LogP contribution in [-0.4, -0.2) is 12.4 Å². The molecule has 1 unspecified atom stereocenters. The van der Waals surface area contributed by atoms with Crippen LogP contribution in [0.4, 0.5) is 26.3 Å². The van der Waals surface area contributed by atoms with E-state index in [9.17, 15) is 26.3 Å². The molecule has 0 heterocycles. The highest BCUT2D eigenvalue weighted by atomic mass is 35.5. The van der Waals surface area contributed by atoms with E-state index in [-0.39, 0.29) is 17.5 Å². The zero-order chi connectivity index (χ0) is 15.1. The molecule has 0 fully saturated rings. The van der Waals surface area contributed by atoms with Crippen molar-refractivity contribution in [3.63, 3.8) is 0 Å². The quantitative estimate of drug-likeness (QED) is 0.480. The summed E-state index contributed by atoms with van der Waals surface area (Å²) in [6.07, 6.45) is -11.1. The average Bonchev–Trinajstić information content (AvgIpc) is 2.25. The second kappa shape index (κ2) is 5.05. The summed E-state index contributed by atoms with van der Waals surface area (Å²) in [7, 11) is 0. The molecule has 0 nitrogen and oxygen atoms in total. The molecule has 0 N–H and O–H groups in total. The van der Waals surface area contributed by atoms with Crippen molar-refractivity contribution in [1.29, 1.82) is 0 Å². The average molecular weight is 325 g/mol. The van der Waals surface area contributed by atoms with E-state index in [1.54, 1.807) is 0 Å². The minimum absolute atomic E-state index is 0.0409. The van der Waals surface area contributed by atoms with E-state index in [4.69, 9.17) is 23.2 Å². The molecule has 0 radical (unpaired) electrons. The maximum absolute atomic E-state index is 12.8. The summed E-state index contributed by atoms with van der Waals surface area (Å²) in [4.78, 5) is 0. The molecule has 0 saturated heterocycles. The van der Waals surface area contributed by atoms with Gasteiger partial charge in [-0.05, 0) is 24.6 Å². The standard InChI is InChI=1S/C11H8Cl2F6/c1-9(10(14,15)16,11(17,18)19)8(13)6-2-4-7(12)5-3-6/h2-5,8H,1H3. The molecular formula is C11H8Cl2F6. The van der Waals surface area contributed by atoms with Crippen LogP contribution in [0.3, 0.4) is 0 Å². The summed E-state index contributed by atoms with van der Waals surface area (Å²) < 4.78 is 76.7. The van der Waals surface area contributed by atoms with Crippen molar-refractivity contribution >= 4 is 23.2 Å². The van der Waals surface area contributed by atoms with Gasteiger partial charge in [-0.3, -0.25) is 0 Å². The second-order valence-corrected chi connectivity index (χ2v) is 4.98. The summed E-state index contributed by atoms with van der Waals surface area (Å²) in [5.41, 5.74) is -4.35. The number of hydrogen-bond acceptors (Lipinski definition) is 0. The van der Waals surface area contributed by atoms with E-state index in [1.165, 1.54) is 12.1 Å². The number of alkyl halides is 7. The Morgan fingerprint density at radius 2 is 1.26 bits per heavy atom. The molecule has 1 rings (SSSR count). The van der Waals surface area contributed by atoms with E-state index >= 15 is 0 Å². The minimum atomic E-state index is -5.53. The van der Waals surface area contributed by atoms with Crippen molar-refractivity contribution in [3.05, 3.63) is 34.9 Å². The monoisotopic (exact) mass is 324 g/mol. The topological polar surface area (TPSA) is 0 Å². The molecule has 0 aliphatic heterocycles. The summed E-state index contributed by atoms with van der Waals surface area (Å²) in [6, 6.07) is 4.43. The second-order valence-electron chi connectivity index (χ2n) is 4.11. The van der Waals surface area contributed by atoms with Gasteiger partial charge >= 0.3 is 12.4 Å². The van der Waals surface area contributed by atoms with Gasteiger partial charge in [0.15, 0.2) is 5.41 Å². The lowest BCUT2D eigenvalue weighted by Crippen LogP contribution is -2.50. The highest BCUT2D eigenvalue weighted by Gasteiger charge is 2.71. The Morgan fingerprint density at radius 1 is 0.895 bits per heavy atom. The molecule has 19 heavy (non-hydrogen) atoms. The Hall–Kier alpha value is -0.620. The molecule has 0 spiro atoms. The highest BCUT2D eigenvalue weighted by molar-refractivity contribution is 6.30. The molecule has 0 aliphatic rings. The van der Waals surface area contributed by atoms with Gasteiger partial charge in [0, 0.05) is 5.02 Å². The fourth-order valence-electron chi connectivity index (χ4n) is 1.41. The first kappa shape index (κ1) is 16.4. The van der Waals surface area contributed by atoms with Crippen LogP contribution in [0.2, 0.25) is 5.02 Å². The Morgan fingerprint density at radius 3 is 1.58 bits per heavy atom. The lowest BCUT2D eigenvalue weighted by atomic mass is 9.81. The Kier molecular flexibility index (Phi) is 4.37. The van der Waals surface area contributed by atoms with Crippen molar-refractivity contribution < 1.29 is 26.3 Å². The molecule has 0 aromatic heterocycles. The Balaban J connectivity index is 3.31. The lowest BCUT2D eigenvalue weighted by Gasteiger charge is -2.37. The van der Waals surface area contributed by atoms with E-state index < -0.39 is 23.1 Å². The van der Waals surface area contributed by atoms with Gasteiger partial charge in [-0.1, -0.05) is 23.7 Å². The molecule has 0 bridgehead atoms. The largest absolute Gasteiger partial charge is 0.404 e. The van der Waals surface area contributed by atoms with Gasteiger partial charge in [-0.15, -0.1) is 11.6 Å². The van der Waals surface area contributed by atoms with Gasteiger partial charge < -0.3 is 0 Å². The van der Waals surface area contributed by atoms with Crippen molar-refractivity contribution in [3.8, 4) is 0 Å². The van der Waals surface area contributed by atoms with E-state index in [2.05, 4.69) is 0 Å². The van der Waals surface area contributed by atoms with Crippen LogP contribution in [0.15, 0.2) is 24.3 Å². The number of rotatable bonds is 2. The Bertz CT molecular complexity index is 420. The van der Waals surface area contributed by atoms with Crippen molar-refractivity contribution in [2.75, 3.05) is 0 Å². The predicted octanol–water partition coefficient (Wildman–Crippen LogP) is 5.75. The first-order chi connectivity index (χ1) is 8.41. The van der Waals surface area contributed by atoms with Crippen LogP contribution in [0.1, 0.15) is 17.9 Å². The van der Waals surface area contributed by atoms with Gasteiger partial charge in [0.05, 0.1) is 5.38 Å². The van der Waals surface area contributed by atoms with Crippen molar-refractivity contribution in [2.24, 2.45) is 5.41 Å². The SMILES string of the molecule is CC(C(Cl)c1ccc(Cl)cc1)(C(F)(F)F)C(F)(F)F. The van der Waals surface area contributed by atoms with Crippen LogP contribution in [0, 0.1) is 5.41 Å². The summed E-state index contributed by atoms with van der Waals surface area (Å²) in [5.74, 6) is 0. The third-order valence-electron chi connectivity index (χ3n) is 2.85. The number of hydrogen-bond donors (Lipinski definition) is 0. The molecule has 0 saturated carbocycles. The zero-order valence-electron chi connectivity index (χ0n) is 9.41. The third kappa shape index (κ3) is 2.94. The molecular weight excluding hydrogens is 317 g/mol. The molecule has 1 aromatic carbocycles. The predicted molar refractivity (Wildman–Crippen MR) is 60.3 cm³/mol. The summed E-state index contributed by atoms with van der Waals surface area (Å²) in [6.45, 7) is 0.0409. The molecule has 1 atom stereocenters. The molecule has 8 heteroatoms. The van der Waals surface area contributed by atoms with Crippen LogP contribution < -0.4 is 0 Å². The summed E-state index contributed by atoms with van der Waals surface area (Å²) in [5, 5.41) is -2.11. The van der Waals surface area contributed by atoms with Crippen LogP contribution in [0.5, 0.6) is 0 Å². The zero-order valence-corrected chi connectivity index (χ0v) is 10.9. The van der Waals surface area contributed by atoms with Gasteiger partial charge in [0.1, 0.15) is 0 Å². The van der Waals surface area contributed by atoms with Gasteiger partial charge in [-0.25, -0.2) is 0 Å². The fraction of sp³-hybridized carbons (Fsp3) is 0.455. The first-order valence-electron chi connectivity index (χ1n) is 4.94. The Labute approximate surface area is 115 Å². The van der Waals surface area contributed by atoms with E-state index in [0.29, 0.717) is 0 Å². The summed E-state index contributed by atoms with van der Waals surface area (Å²) >= 11 is 11.0. The normalized spacial score (nSPS) is 15.4. The maximum atomic E-state index is 12.8. The molecule has 108 valence electrons. The van der Waals surface area contributed by atoms with Crippen molar-refractivity contribution in [2.45, 2.75) is 24.7 Å². The molecule has 0 amide bonds. The van der Waals surface area contributed by atoms with Crippen LogP contribution in [0.25, 0.3) is 0 Å². The maximum Gasteiger partial charge on any atom is 0.404 e. The first-order valence-corrected chi connectivity index (χ1v) is 5.75. The van der Waals surface area contributed by atoms with E-state index in [1.807, 2.05) is 0 Å². The molecule has 0 aliphatic carbocycles. The van der Waals surface area contributed by atoms with Crippen LogP contribution in [-0.2, 0) is 0 Å². The van der Waals surface area contributed by atoms with Crippen molar-refractivity contribution in [1.82, 2.24) is 0 Å². The number of benzene rings is 1. The minimum Gasteiger partial charge on any atom is -0.170 e. The lowest BCUT2D eigenvalue weighted by molar-refractivity contribution is -0.335. The van der Waals surface area contributed by atoms with Gasteiger partial charge in [0.2, 0.25) is 0 Å². The van der Waals surface area contributed by atoms with E-state index in [0.717, 1.165) is 12.1 Å². The van der Waals surface area contributed by atoms with Gasteiger partial charge in [0.25, 0.3) is 0 Å². The highest BCUT2D eigenvalue weighted by Crippen LogP contribution is 2.59. The van der Waals surface area contributed by atoms with Gasteiger partial charge in [-0.2, -0.15) is 26.3 Å². The molecule has 1 aromatic rings. The smallest absolute Gasteiger partial charge is 0.170 e. The fourth-order valence-corrected chi connectivity index (χ4v) is 1.93. The third-order valence-corrected chi connectivity index (χ3v) is 3.79.